The van der Waals surface area contributed by atoms with Crippen molar-refractivity contribution in [3.8, 4) is 0 Å². The number of aryl methyl sites for hydroxylation is 1. The fourth-order valence-electron chi connectivity index (χ4n) is 2.90. The maximum Gasteiger partial charge on any atom is 0.137 e. The molecule has 2 nitrogen and oxygen atoms in total. The average molecular weight is 243 g/mol. The third-order valence-corrected chi connectivity index (χ3v) is 3.51. The van der Waals surface area contributed by atoms with Gasteiger partial charge in [-0.25, -0.2) is 0 Å². The molecule has 1 unspecified atom stereocenters. The van der Waals surface area contributed by atoms with Crippen molar-refractivity contribution in [2.75, 3.05) is 0 Å². The molecule has 2 rings (SSSR count). The standard InChI is InChI=1S/C16H21NO/c1-11(18)15(16(2,3)4)13-10-17(5)14-9-7-6-8-12(13)14/h6-10,15H,1-5H3. The maximum absolute atomic E-state index is 12.0. The van der Waals surface area contributed by atoms with E-state index < -0.39 is 0 Å². The predicted octanol–water partition coefficient (Wildman–Crippen LogP) is 3.90. The van der Waals surface area contributed by atoms with Crippen LogP contribution in [0.15, 0.2) is 30.5 Å². The number of fused-ring (bicyclic) bond motifs is 1. The zero-order valence-electron chi connectivity index (χ0n) is 11.8. The molecule has 2 aromatic rings. The number of nitrogens with zero attached hydrogens (tertiary/aromatic N) is 1. The fraction of sp³-hybridized carbons (Fsp3) is 0.438. The first kappa shape index (κ1) is 12.9. The highest BCUT2D eigenvalue weighted by Crippen LogP contribution is 2.39. The van der Waals surface area contributed by atoms with Crippen LogP contribution in [0, 0.1) is 5.41 Å². The Balaban J connectivity index is 2.69. The van der Waals surface area contributed by atoms with E-state index in [1.807, 2.05) is 19.2 Å². The molecule has 1 atom stereocenters. The highest BCUT2D eigenvalue weighted by molar-refractivity contribution is 5.92. The van der Waals surface area contributed by atoms with Gasteiger partial charge in [-0.1, -0.05) is 39.0 Å². The molecule has 0 amide bonds. The van der Waals surface area contributed by atoms with Gasteiger partial charge in [-0.05, 0) is 24.0 Å². The topological polar surface area (TPSA) is 22.0 Å². The second-order valence-electron chi connectivity index (χ2n) is 6.12. The third kappa shape index (κ3) is 2.07. The summed E-state index contributed by atoms with van der Waals surface area (Å²) in [5, 5.41) is 1.19. The van der Waals surface area contributed by atoms with Crippen molar-refractivity contribution in [2.24, 2.45) is 12.5 Å². The molecule has 18 heavy (non-hydrogen) atoms. The number of Topliss-reactive ketones (excluding diaryl/α,β-unsaturated/α-hetero) is 1. The molecule has 0 fully saturated rings. The van der Waals surface area contributed by atoms with Gasteiger partial charge >= 0.3 is 0 Å². The molecule has 0 aliphatic heterocycles. The maximum atomic E-state index is 12.0. The Morgan fingerprint density at radius 1 is 1.22 bits per heavy atom. The SMILES string of the molecule is CC(=O)C(c1cn(C)c2ccccc12)C(C)(C)C. The van der Waals surface area contributed by atoms with Crippen LogP contribution >= 0.6 is 0 Å². The summed E-state index contributed by atoms with van der Waals surface area (Å²) < 4.78 is 2.10. The lowest BCUT2D eigenvalue weighted by molar-refractivity contribution is -0.120. The van der Waals surface area contributed by atoms with Crippen LogP contribution in [0.5, 0.6) is 0 Å². The van der Waals surface area contributed by atoms with Crippen molar-refractivity contribution in [1.82, 2.24) is 4.57 Å². The molecule has 96 valence electrons. The third-order valence-electron chi connectivity index (χ3n) is 3.51. The number of carbonyl (C=O) groups excluding carboxylic acids is 1. The lowest BCUT2D eigenvalue weighted by Crippen LogP contribution is -2.24. The molecular formula is C16H21NO. The molecule has 1 heterocycles. The number of carbonyl (C=O) groups is 1. The number of para-hydroxylation sites is 1. The van der Waals surface area contributed by atoms with Gasteiger partial charge in [-0.2, -0.15) is 0 Å². The van der Waals surface area contributed by atoms with Gasteiger partial charge < -0.3 is 4.57 Å². The van der Waals surface area contributed by atoms with Crippen molar-refractivity contribution >= 4 is 16.7 Å². The highest BCUT2D eigenvalue weighted by Gasteiger charge is 2.32. The Hall–Kier alpha value is -1.57. The minimum atomic E-state index is -0.0596. The summed E-state index contributed by atoms with van der Waals surface area (Å²) in [6, 6.07) is 8.27. The minimum Gasteiger partial charge on any atom is -0.350 e. The normalized spacial score (nSPS) is 13.8. The van der Waals surface area contributed by atoms with E-state index in [2.05, 4.69) is 43.7 Å². The van der Waals surface area contributed by atoms with Gasteiger partial charge in [0.05, 0.1) is 0 Å². The molecule has 0 bridgehead atoms. The highest BCUT2D eigenvalue weighted by atomic mass is 16.1. The van der Waals surface area contributed by atoms with Crippen molar-refractivity contribution in [2.45, 2.75) is 33.6 Å². The van der Waals surface area contributed by atoms with E-state index in [-0.39, 0.29) is 17.1 Å². The van der Waals surface area contributed by atoms with Gasteiger partial charge in [-0.3, -0.25) is 4.79 Å². The largest absolute Gasteiger partial charge is 0.350 e. The van der Waals surface area contributed by atoms with Crippen LogP contribution < -0.4 is 0 Å². The number of hydrogen-bond donors (Lipinski definition) is 0. The molecule has 0 saturated heterocycles. The molecule has 2 heteroatoms. The van der Waals surface area contributed by atoms with Crippen LogP contribution in [0.1, 0.15) is 39.2 Å². The minimum absolute atomic E-state index is 0.0522. The second kappa shape index (κ2) is 4.27. The van der Waals surface area contributed by atoms with E-state index in [4.69, 9.17) is 0 Å². The quantitative estimate of drug-likeness (QED) is 0.784. The van der Waals surface area contributed by atoms with Crippen LogP contribution in [0.25, 0.3) is 10.9 Å². The van der Waals surface area contributed by atoms with E-state index in [1.165, 1.54) is 10.9 Å². The first-order chi connectivity index (χ1) is 8.32. The van der Waals surface area contributed by atoms with Gasteiger partial charge in [0.15, 0.2) is 0 Å². The number of rotatable bonds is 2. The lowest BCUT2D eigenvalue weighted by Gasteiger charge is -2.28. The summed E-state index contributed by atoms with van der Waals surface area (Å²) in [7, 11) is 2.03. The van der Waals surface area contributed by atoms with Crippen LogP contribution in [0.3, 0.4) is 0 Å². The first-order valence-electron chi connectivity index (χ1n) is 6.37. The van der Waals surface area contributed by atoms with Crippen LogP contribution in [-0.4, -0.2) is 10.4 Å². The Labute approximate surface area is 109 Å². The Morgan fingerprint density at radius 2 is 1.83 bits per heavy atom. The summed E-state index contributed by atoms with van der Waals surface area (Å²) >= 11 is 0. The molecule has 1 aromatic carbocycles. The van der Waals surface area contributed by atoms with Crippen LogP contribution in [0.2, 0.25) is 0 Å². The van der Waals surface area contributed by atoms with Gasteiger partial charge in [0.25, 0.3) is 0 Å². The van der Waals surface area contributed by atoms with Crippen molar-refractivity contribution in [1.29, 1.82) is 0 Å². The molecule has 0 saturated carbocycles. The molecule has 0 N–H and O–H groups in total. The number of hydrogen-bond acceptors (Lipinski definition) is 1. The molecule has 0 aliphatic carbocycles. The summed E-state index contributed by atoms with van der Waals surface area (Å²) in [6.45, 7) is 8.07. The molecule has 0 spiro atoms. The van der Waals surface area contributed by atoms with E-state index in [0.29, 0.717) is 0 Å². The molecule has 0 radical (unpaired) electrons. The fourth-order valence-corrected chi connectivity index (χ4v) is 2.90. The van der Waals surface area contributed by atoms with E-state index >= 15 is 0 Å². The Kier molecular flexibility index (Phi) is 3.05. The average Bonchev–Trinajstić information content (AvgIpc) is 2.55. The summed E-state index contributed by atoms with van der Waals surface area (Å²) in [6.07, 6.45) is 2.10. The zero-order chi connectivity index (χ0) is 13.5. The number of aromatic nitrogens is 1. The van der Waals surface area contributed by atoms with E-state index in [9.17, 15) is 4.79 Å². The smallest absolute Gasteiger partial charge is 0.137 e. The van der Waals surface area contributed by atoms with E-state index in [1.54, 1.807) is 6.92 Å². The van der Waals surface area contributed by atoms with Crippen molar-refractivity contribution < 1.29 is 4.79 Å². The lowest BCUT2D eigenvalue weighted by atomic mass is 9.74. The molecule has 0 aliphatic rings. The van der Waals surface area contributed by atoms with Gasteiger partial charge in [0.2, 0.25) is 0 Å². The predicted molar refractivity (Wildman–Crippen MR) is 75.8 cm³/mol. The zero-order valence-corrected chi connectivity index (χ0v) is 11.8. The number of ketones is 1. The van der Waals surface area contributed by atoms with Crippen LogP contribution in [-0.2, 0) is 11.8 Å². The summed E-state index contributed by atoms with van der Waals surface area (Å²) in [5.41, 5.74) is 2.27. The van der Waals surface area contributed by atoms with Crippen LogP contribution in [0.4, 0.5) is 0 Å². The van der Waals surface area contributed by atoms with Gasteiger partial charge in [-0.15, -0.1) is 0 Å². The summed E-state index contributed by atoms with van der Waals surface area (Å²) in [4.78, 5) is 12.0. The van der Waals surface area contributed by atoms with Crippen molar-refractivity contribution in [3.05, 3.63) is 36.0 Å². The first-order valence-corrected chi connectivity index (χ1v) is 6.37. The van der Waals surface area contributed by atoms with Gasteiger partial charge in [0, 0.05) is 30.1 Å². The summed E-state index contributed by atoms with van der Waals surface area (Å²) in [5.74, 6) is 0.183. The molecular weight excluding hydrogens is 222 g/mol. The molecule has 1 aromatic heterocycles. The Morgan fingerprint density at radius 3 is 2.39 bits per heavy atom. The Bertz CT molecular complexity index is 587. The van der Waals surface area contributed by atoms with Gasteiger partial charge in [0.1, 0.15) is 5.78 Å². The number of benzene rings is 1. The van der Waals surface area contributed by atoms with E-state index in [0.717, 1.165) is 5.56 Å². The monoisotopic (exact) mass is 243 g/mol. The van der Waals surface area contributed by atoms with Crippen molar-refractivity contribution in [3.63, 3.8) is 0 Å². The second-order valence-corrected chi connectivity index (χ2v) is 6.12.